The summed E-state index contributed by atoms with van der Waals surface area (Å²) in [6, 6.07) is 12.2. The molecule has 20 heavy (non-hydrogen) atoms. The van der Waals surface area contributed by atoms with E-state index in [0.717, 1.165) is 30.3 Å². The molecule has 0 aliphatic carbocycles. The molecule has 0 fully saturated rings. The molecule has 2 aromatic carbocycles. The summed E-state index contributed by atoms with van der Waals surface area (Å²) in [5.41, 5.74) is 5.53. The average molecular weight is 268 g/mol. The first-order chi connectivity index (χ1) is 9.73. The van der Waals surface area contributed by atoms with Crippen molar-refractivity contribution in [1.82, 2.24) is 0 Å². The van der Waals surface area contributed by atoms with Crippen molar-refractivity contribution in [3.05, 3.63) is 53.1 Å². The van der Waals surface area contributed by atoms with E-state index in [4.69, 9.17) is 4.74 Å². The van der Waals surface area contributed by atoms with Gasteiger partial charge in [0, 0.05) is 0 Å². The molecule has 2 heteroatoms. The van der Waals surface area contributed by atoms with Crippen LogP contribution in [-0.4, -0.2) is 13.4 Å². The van der Waals surface area contributed by atoms with Gasteiger partial charge in [-0.3, -0.25) is 4.79 Å². The van der Waals surface area contributed by atoms with Crippen LogP contribution >= 0.6 is 0 Å². The van der Waals surface area contributed by atoms with Crippen LogP contribution < -0.4 is 4.74 Å². The SMILES string of the molecule is CCc1ccc(-c2ccc(OC)c(C=O)c2)cc1CC. The van der Waals surface area contributed by atoms with E-state index in [-0.39, 0.29) is 0 Å². The van der Waals surface area contributed by atoms with Gasteiger partial charge in [0.15, 0.2) is 6.29 Å². The number of aldehydes is 1. The second-order valence-corrected chi connectivity index (χ2v) is 4.77. The van der Waals surface area contributed by atoms with Gasteiger partial charge in [-0.1, -0.05) is 38.1 Å². The molecule has 2 nitrogen and oxygen atoms in total. The topological polar surface area (TPSA) is 26.3 Å². The normalized spacial score (nSPS) is 10.3. The number of aryl methyl sites for hydroxylation is 2. The lowest BCUT2D eigenvalue weighted by atomic mass is 9.95. The molecule has 0 aliphatic heterocycles. The number of carbonyl (C=O) groups excluding carboxylic acids is 1. The molecule has 0 spiro atoms. The molecular formula is C18H20O2. The molecule has 0 N–H and O–H groups in total. The Balaban J connectivity index is 2.48. The molecule has 0 saturated carbocycles. The lowest BCUT2D eigenvalue weighted by molar-refractivity contribution is 0.112. The monoisotopic (exact) mass is 268 g/mol. The first-order valence-corrected chi connectivity index (χ1v) is 6.98. The second kappa shape index (κ2) is 6.38. The minimum Gasteiger partial charge on any atom is -0.496 e. The van der Waals surface area contributed by atoms with Gasteiger partial charge >= 0.3 is 0 Å². The van der Waals surface area contributed by atoms with Gasteiger partial charge in [0.25, 0.3) is 0 Å². The largest absolute Gasteiger partial charge is 0.496 e. The van der Waals surface area contributed by atoms with E-state index in [9.17, 15) is 4.79 Å². The highest BCUT2D eigenvalue weighted by Crippen LogP contribution is 2.27. The maximum atomic E-state index is 11.1. The van der Waals surface area contributed by atoms with Crippen LogP contribution in [-0.2, 0) is 12.8 Å². The Kier molecular flexibility index (Phi) is 4.57. The highest BCUT2D eigenvalue weighted by molar-refractivity contribution is 5.83. The van der Waals surface area contributed by atoms with Gasteiger partial charge in [-0.15, -0.1) is 0 Å². The van der Waals surface area contributed by atoms with Crippen molar-refractivity contribution in [2.45, 2.75) is 26.7 Å². The molecule has 0 heterocycles. The fraction of sp³-hybridized carbons (Fsp3) is 0.278. The third-order valence-corrected chi connectivity index (χ3v) is 3.66. The number of carbonyl (C=O) groups is 1. The van der Waals surface area contributed by atoms with Crippen LogP contribution in [0.1, 0.15) is 35.3 Å². The highest BCUT2D eigenvalue weighted by Gasteiger charge is 2.07. The quantitative estimate of drug-likeness (QED) is 0.756. The van der Waals surface area contributed by atoms with Crippen molar-refractivity contribution in [3.63, 3.8) is 0 Å². The summed E-state index contributed by atoms with van der Waals surface area (Å²) >= 11 is 0. The van der Waals surface area contributed by atoms with E-state index in [0.29, 0.717) is 11.3 Å². The highest BCUT2D eigenvalue weighted by atomic mass is 16.5. The predicted molar refractivity (Wildman–Crippen MR) is 82.6 cm³/mol. The van der Waals surface area contributed by atoms with Gasteiger partial charge in [-0.25, -0.2) is 0 Å². The number of benzene rings is 2. The average Bonchev–Trinajstić information content (AvgIpc) is 2.53. The summed E-state index contributed by atoms with van der Waals surface area (Å²) in [6.45, 7) is 4.34. The number of methoxy groups -OCH3 is 1. The Hall–Kier alpha value is -2.09. The molecule has 0 aromatic heterocycles. The van der Waals surface area contributed by atoms with E-state index in [1.54, 1.807) is 7.11 Å². The van der Waals surface area contributed by atoms with Gasteiger partial charge in [0.1, 0.15) is 5.75 Å². The minimum absolute atomic E-state index is 0.586. The number of hydrogen-bond donors (Lipinski definition) is 0. The molecule has 104 valence electrons. The Bertz CT molecular complexity index is 615. The van der Waals surface area contributed by atoms with E-state index in [1.807, 2.05) is 18.2 Å². The molecule has 0 unspecified atom stereocenters. The summed E-state index contributed by atoms with van der Waals surface area (Å²) in [7, 11) is 1.58. The van der Waals surface area contributed by atoms with Crippen molar-refractivity contribution in [1.29, 1.82) is 0 Å². The van der Waals surface area contributed by atoms with Crippen molar-refractivity contribution >= 4 is 6.29 Å². The Morgan fingerprint density at radius 3 is 2.20 bits per heavy atom. The number of ether oxygens (including phenoxy) is 1. The fourth-order valence-corrected chi connectivity index (χ4v) is 2.49. The van der Waals surface area contributed by atoms with Crippen LogP contribution in [0.3, 0.4) is 0 Å². The zero-order valence-corrected chi connectivity index (χ0v) is 12.3. The van der Waals surface area contributed by atoms with E-state index in [2.05, 4.69) is 32.0 Å². The smallest absolute Gasteiger partial charge is 0.153 e. The van der Waals surface area contributed by atoms with Crippen molar-refractivity contribution in [2.75, 3.05) is 7.11 Å². The third-order valence-electron chi connectivity index (χ3n) is 3.66. The Morgan fingerprint density at radius 2 is 1.60 bits per heavy atom. The maximum absolute atomic E-state index is 11.1. The standard InChI is InChI=1S/C18H20O2/c1-4-13-6-7-15(10-14(13)5-2)16-8-9-18(20-3)17(11-16)12-19/h6-12H,4-5H2,1-3H3. The van der Waals surface area contributed by atoms with E-state index < -0.39 is 0 Å². The van der Waals surface area contributed by atoms with Gasteiger partial charge in [0.05, 0.1) is 12.7 Å². The van der Waals surface area contributed by atoms with Crippen molar-refractivity contribution in [2.24, 2.45) is 0 Å². The second-order valence-electron chi connectivity index (χ2n) is 4.77. The van der Waals surface area contributed by atoms with E-state index >= 15 is 0 Å². The molecule has 0 radical (unpaired) electrons. The summed E-state index contributed by atoms with van der Waals surface area (Å²) in [6.07, 6.45) is 2.91. The van der Waals surface area contributed by atoms with Gasteiger partial charge < -0.3 is 4.74 Å². The zero-order valence-electron chi connectivity index (χ0n) is 12.3. The number of hydrogen-bond acceptors (Lipinski definition) is 2. The van der Waals surface area contributed by atoms with Crippen LogP contribution in [0.2, 0.25) is 0 Å². The van der Waals surface area contributed by atoms with Crippen molar-refractivity contribution in [3.8, 4) is 16.9 Å². The first-order valence-electron chi connectivity index (χ1n) is 6.98. The minimum atomic E-state index is 0.586. The van der Waals surface area contributed by atoms with Crippen molar-refractivity contribution < 1.29 is 9.53 Å². The number of rotatable bonds is 5. The Morgan fingerprint density at radius 1 is 0.950 bits per heavy atom. The predicted octanol–water partition coefficient (Wildman–Crippen LogP) is 4.30. The molecule has 0 saturated heterocycles. The van der Waals surface area contributed by atoms with Gasteiger partial charge in [-0.05, 0) is 47.2 Å². The molecule has 0 aliphatic rings. The molecule has 2 aromatic rings. The van der Waals surface area contributed by atoms with Crippen LogP contribution in [0.15, 0.2) is 36.4 Å². The van der Waals surface area contributed by atoms with Crippen LogP contribution in [0, 0.1) is 0 Å². The van der Waals surface area contributed by atoms with E-state index in [1.165, 1.54) is 11.1 Å². The molecule has 0 atom stereocenters. The molecule has 0 amide bonds. The first kappa shape index (κ1) is 14.3. The lowest BCUT2D eigenvalue weighted by Crippen LogP contribution is -1.94. The summed E-state index contributed by atoms with van der Waals surface area (Å²) in [4.78, 5) is 11.1. The van der Waals surface area contributed by atoms with Gasteiger partial charge in [0.2, 0.25) is 0 Å². The fourth-order valence-electron chi connectivity index (χ4n) is 2.49. The van der Waals surface area contributed by atoms with Crippen LogP contribution in [0.4, 0.5) is 0 Å². The van der Waals surface area contributed by atoms with Crippen LogP contribution in [0.5, 0.6) is 5.75 Å². The maximum Gasteiger partial charge on any atom is 0.153 e. The van der Waals surface area contributed by atoms with Crippen LogP contribution in [0.25, 0.3) is 11.1 Å². The molecular weight excluding hydrogens is 248 g/mol. The van der Waals surface area contributed by atoms with Gasteiger partial charge in [-0.2, -0.15) is 0 Å². The summed E-state index contributed by atoms with van der Waals surface area (Å²) < 4.78 is 5.18. The third kappa shape index (κ3) is 2.74. The summed E-state index contributed by atoms with van der Waals surface area (Å²) in [5.74, 6) is 0.615. The Labute approximate surface area is 120 Å². The zero-order chi connectivity index (χ0) is 14.5. The summed E-state index contributed by atoms with van der Waals surface area (Å²) in [5, 5.41) is 0. The molecule has 2 rings (SSSR count). The molecule has 0 bridgehead atoms. The lowest BCUT2D eigenvalue weighted by Gasteiger charge is -2.11.